The van der Waals surface area contributed by atoms with Gasteiger partial charge in [-0.3, -0.25) is 4.79 Å². The first kappa shape index (κ1) is 23.3. The number of carbonyl (C=O) groups is 2. The Morgan fingerprint density at radius 3 is 2.40 bits per heavy atom. The van der Waals surface area contributed by atoms with Crippen LogP contribution in [0.2, 0.25) is 0 Å². The molecular weight excluding hydrogens is 444 g/mol. The van der Waals surface area contributed by atoms with Crippen LogP contribution in [0.5, 0.6) is 5.75 Å². The highest BCUT2D eigenvalue weighted by Gasteiger charge is 2.43. The van der Waals surface area contributed by atoms with Gasteiger partial charge in [0.2, 0.25) is 5.91 Å². The lowest BCUT2D eigenvalue weighted by molar-refractivity contribution is -0.138. The zero-order chi connectivity index (χ0) is 24.4. The molecule has 35 heavy (non-hydrogen) atoms. The number of methoxy groups -OCH3 is 1. The van der Waals surface area contributed by atoms with Gasteiger partial charge in [0.25, 0.3) is 0 Å². The second-order valence-electron chi connectivity index (χ2n) is 9.36. The van der Waals surface area contributed by atoms with Crippen LogP contribution in [0.25, 0.3) is 0 Å². The fourth-order valence-electron chi connectivity index (χ4n) is 5.62. The summed E-state index contributed by atoms with van der Waals surface area (Å²) in [4.78, 5) is 34.5. The average molecular weight is 479 g/mol. The molecule has 2 aromatic carbocycles. The maximum atomic E-state index is 13.9. The second-order valence-corrected chi connectivity index (χ2v) is 9.36. The van der Waals surface area contributed by atoms with Crippen LogP contribution in [0.3, 0.4) is 0 Å². The Morgan fingerprint density at radius 1 is 0.943 bits per heavy atom. The molecule has 3 aliphatic rings. The van der Waals surface area contributed by atoms with Crippen LogP contribution in [0, 0.1) is 5.92 Å². The lowest BCUT2D eigenvalue weighted by atomic mass is 9.82. The summed E-state index contributed by atoms with van der Waals surface area (Å²) in [6.45, 7) is 6.81. The summed E-state index contributed by atoms with van der Waals surface area (Å²) in [6, 6.07) is 16.7. The zero-order valence-electron chi connectivity index (χ0n) is 20.6. The number of anilines is 2. The van der Waals surface area contributed by atoms with Gasteiger partial charge in [-0.1, -0.05) is 24.3 Å². The molecule has 2 aromatic rings. The third kappa shape index (κ3) is 4.61. The molecule has 2 saturated heterocycles. The van der Waals surface area contributed by atoms with Crippen molar-refractivity contribution >= 4 is 23.4 Å². The molecule has 2 unspecified atom stereocenters. The van der Waals surface area contributed by atoms with Crippen molar-refractivity contribution in [1.29, 1.82) is 0 Å². The number of ether oxygens (including phenoxy) is 2. The van der Waals surface area contributed by atoms with Gasteiger partial charge in [0.05, 0.1) is 25.7 Å². The largest absolute Gasteiger partial charge is 0.497 e. The third-order valence-corrected chi connectivity index (χ3v) is 7.48. The van der Waals surface area contributed by atoms with Gasteiger partial charge in [-0.2, -0.15) is 0 Å². The van der Waals surface area contributed by atoms with Gasteiger partial charge < -0.3 is 29.1 Å². The van der Waals surface area contributed by atoms with E-state index in [0.717, 1.165) is 25.4 Å². The van der Waals surface area contributed by atoms with E-state index in [1.807, 2.05) is 24.0 Å². The Morgan fingerprint density at radius 2 is 1.69 bits per heavy atom. The molecule has 0 saturated carbocycles. The molecule has 0 N–H and O–H groups in total. The molecule has 3 heterocycles. The molecule has 0 aromatic heterocycles. The quantitative estimate of drug-likeness (QED) is 0.674. The third-order valence-electron chi connectivity index (χ3n) is 7.48. The van der Waals surface area contributed by atoms with Gasteiger partial charge in [-0.05, 0) is 37.1 Å². The second kappa shape index (κ2) is 10.1. The predicted molar refractivity (Wildman–Crippen MR) is 135 cm³/mol. The first-order chi connectivity index (χ1) is 17.1. The first-order valence-electron chi connectivity index (χ1n) is 12.5. The van der Waals surface area contributed by atoms with E-state index in [4.69, 9.17) is 9.47 Å². The molecule has 186 valence electrons. The average Bonchev–Trinajstić information content (AvgIpc) is 2.92. The summed E-state index contributed by atoms with van der Waals surface area (Å²) < 4.78 is 10.6. The number of hydrogen-bond donors (Lipinski definition) is 0. The van der Waals surface area contributed by atoms with Crippen LogP contribution < -0.4 is 14.5 Å². The molecule has 2 fully saturated rings. The molecule has 0 aliphatic carbocycles. The summed E-state index contributed by atoms with van der Waals surface area (Å²) in [5.41, 5.74) is 3.56. The van der Waals surface area contributed by atoms with Gasteiger partial charge in [0.15, 0.2) is 0 Å². The highest BCUT2D eigenvalue weighted by Crippen LogP contribution is 2.39. The van der Waals surface area contributed by atoms with E-state index >= 15 is 0 Å². The summed E-state index contributed by atoms with van der Waals surface area (Å²) in [5.74, 6) is 0.879. The normalized spacial score (nSPS) is 21.8. The maximum absolute atomic E-state index is 13.9. The molecule has 3 aliphatic heterocycles. The molecular formula is C27H34N4O4. The van der Waals surface area contributed by atoms with Crippen molar-refractivity contribution in [3.05, 3.63) is 54.1 Å². The van der Waals surface area contributed by atoms with Crippen LogP contribution in [0.1, 0.15) is 12.5 Å². The van der Waals surface area contributed by atoms with Gasteiger partial charge >= 0.3 is 6.09 Å². The first-order valence-corrected chi connectivity index (χ1v) is 12.5. The molecule has 5 rings (SSSR count). The number of rotatable bonds is 4. The van der Waals surface area contributed by atoms with Crippen molar-refractivity contribution in [3.8, 4) is 5.75 Å². The Bertz CT molecular complexity index is 1050. The Hall–Kier alpha value is -3.42. The van der Waals surface area contributed by atoms with Crippen LogP contribution >= 0.6 is 0 Å². The maximum Gasteiger partial charge on any atom is 0.409 e. The lowest BCUT2D eigenvalue weighted by Crippen LogP contribution is -2.62. The fourth-order valence-corrected chi connectivity index (χ4v) is 5.62. The van der Waals surface area contributed by atoms with E-state index in [1.165, 1.54) is 16.9 Å². The minimum Gasteiger partial charge on any atom is -0.497 e. The molecule has 2 amide bonds. The molecule has 0 bridgehead atoms. The molecule has 8 heteroatoms. The van der Waals surface area contributed by atoms with E-state index in [0.29, 0.717) is 39.2 Å². The van der Waals surface area contributed by atoms with Gasteiger partial charge in [0, 0.05) is 63.3 Å². The van der Waals surface area contributed by atoms with Crippen molar-refractivity contribution in [2.45, 2.75) is 19.4 Å². The van der Waals surface area contributed by atoms with Crippen molar-refractivity contribution in [1.82, 2.24) is 9.80 Å². The Kier molecular flexibility index (Phi) is 6.70. The molecule has 0 radical (unpaired) electrons. The monoisotopic (exact) mass is 478 g/mol. The standard InChI is InChI=1S/C27H34N4O4/c1-3-35-27(33)29-13-11-28(12-14-29)26(32)23-17-20-9-10-22(34-2)18-24(20)31-16-15-30(19-25(23)31)21-7-5-4-6-8-21/h4-10,18,23,25H,3,11-17,19H2,1-2H3. The Labute approximate surface area is 207 Å². The van der Waals surface area contributed by atoms with E-state index in [2.05, 4.69) is 46.2 Å². The molecule has 2 atom stereocenters. The minimum atomic E-state index is -0.294. The fraction of sp³-hybridized carbons (Fsp3) is 0.481. The minimum absolute atomic E-state index is 0.0687. The number of amides is 2. The number of hydrogen-bond acceptors (Lipinski definition) is 6. The van der Waals surface area contributed by atoms with E-state index in [9.17, 15) is 9.59 Å². The smallest absolute Gasteiger partial charge is 0.409 e. The number of nitrogens with zero attached hydrogens (tertiary/aromatic N) is 4. The summed E-state index contributed by atoms with van der Waals surface area (Å²) >= 11 is 0. The zero-order valence-corrected chi connectivity index (χ0v) is 20.6. The van der Waals surface area contributed by atoms with Crippen molar-refractivity contribution in [3.63, 3.8) is 0 Å². The van der Waals surface area contributed by atoms with Crippen molar-refractivity contribution in [2.75, 3.05) is 69.3 Å². The van der Waals surface area contributed by atoms with Crippen LogP contribution in [0.4, 0.5) is 16.2 Å². The van der Waals surface area contributed by atoms with Crippen LogP contribution in [0.15, 0.2) is 48.5 Å². The van der Waals surface area contributed by atoms with Gasteiger partial charge in [0.1, 0.15) is 5.75 Å². The van der Waals surface area contributed by atoms with Crippen LogP contribution in [-0.2, 0) is 16.0 Å². The summed E-state index contributed by atoms with van der Waals surface area (Å²) in [5, 5.41) is 0. The number of piperazine rings is 2. The van der Waals surface area contributed by atoms with E-state index in [1.54, 1.807) is 12.0 Å². The number of para-hydroxylation sites is 1. The van der Waals surface area contributed by atoms with Crippen molar-refractivity contribution in [2.24, 2.45) is 5.92 Å². The molecule has 0 spiro atoms. The Balaban J connectivity index is 1.38. The lowest BCUT2D eigenvalue weighted by Gasteiger charge is -2.50. The van der Waals surface area contributed by atoms with Gasteiger partial charge in [-0.25, -0.2) is 4.79 Å². The number of fused-ring (bicyclic) bond motifs is 3. The predicted octanol–water partition coefficient (Wildman–Crippen LogP) is 2.86. The summed E-state index contributed by atoms with van der Waals surface area (Å²) in [7, 11) is 1.69. The SMILES string of the molecule is CCOC(=O)N1CCN(C(=O)C2Cc3ccc(OC)cc3N3CCN(c4ccccc4)CC23)CC1. The topological polar surface area (TPSA) is 65.6 Å². The number of carbonyl (C=O) groups excluding carboxylic acids is 2. The van der Waals surface area contributed by atoms with Crippen LogP contribution in [-0.4, -0.2) is 87.4 Å². The van der Waals surface area contributed by atoms with Gasteiger partial charge in [-0.15, -0.1) is 0 Å². The highest BCUT2D eigenvalue weighted by molar-refractivity contribution is 5.83. The van der Waals surface area contributed by atoms with E-state index < -0.39 is 0 Å². The number of benzene rings is 2. The van der Waals surface area contributed by atoms with E-state index in [-0.39, 0.29) is 24.0 Å². The molecule has 8 nitrogen and oxygen atoms in total. The highest BCUT2D eigenvalue weighted by atomic mass is 16.6. The van der Waals surface area contributed by atoms with Crippen molar-refractivity contribution < 1.29 is 19.1 Å². The summed E-state index contributed by atoms with van der Waals surface area (Å²) in [6.07, 6.45) is 0.414.